The van der Waals surface area contributed by atoms with Crippen LogP contribution in [0.1, 0.15) is 26.0 Å². The van der Waals surface area contributed by atoms with Crippen LogP contribution in [0.25, 0.3) is 0 Å². The minimum absolute atomic E-state index is 0.267. The van der Waals surface area contributed by atoms with Crippen molar-refractivity contribution in [3.63, 3.8) is 0 Å². The summed E-state index contributed by atoms with van der Waals surface area (Å²) >= 11 is 0. The van der Waals surface area contributed by atoms with E-state index in [2.05, 4.69) is 34.8 Å². The first-order chi connectivity index (χ1) is 7.69. The summed E-state index contributed by atoms with van der Waals surface area (Å²) in [5.41, 5.74) is 7.13. The van der Waals surface area contributed by atoms with Crippen LogP contribution in [0.15, 0.2) is 12.4 Å². The topological polar surface area (TPSA) is 55.0 Å². The molecule has 88 valence electrons. The SMILES string of the molecule is CCc1cc(N2CC(C)CC(N)C2)ncn1. The molecule has 0 bridgehead atoms. The van der Waals surface area contributed by atoms with Crippen LogP contribution in [0.2, 0.25) is 0 Å². The summed E-state index contributed by atoms with van der Waals surface area (Å²) in [7, 11) is 0. The van der Waals surface area contributed by atoms with Crippen molar-refractivity contribution in [3.8, 4) is 0 Å². The van der Waals surface area contributed by atoms with E-state index in [9.17, 15) is 0 Å². The fourth-order valence-corrected chi connectivity index (χ4v) is 2.34. The maximum Gasteiger partial charge on any atom is 0.132 e. The number of nitrogens with two attached hydrogens (primary N) is 1. The normalized spacial score (nSPS) is 25.8. The molecule has 1 aliphatic heterocycles. The van der Waals surface area contributed by atoms with Crippen molar-refractivity contribution in [1.29, 1.82) is 0 Å². The summed E-state index contributed by atoms with van der Waals surface area (Å²) in [6.07, 6.45) is 3.71. The maximum atomic E-state index is 6.04. The van der Waals surface area contributed by atoms with Gasteiger partial charge in [0.05, 0.1) is 0 Å². The Hall–Kier alpha value is -1.16. The zero-order chi connectivity index (χ0) is 11.5. The molecule has 2 rings (SSSR count). The van der Waals surface area contributed by atoms with E-state index >= 15 is 0 Å². The van der Waals surface area contributed by atoms with E-state index in [4.69, 9.17) is 5.73 Å². The highest BCUT2D eigenvalue weighted by molar-refractivity contribution is 5.39. The van der Waals surface area contributed by atoms with Gasteiger partial charge in [0, 0.05) is 30.9 Å². The molecule has 2 unspecified atom stereocenters. The quantitative estimate of drug-likeness (QED) is 0.814. The lowest BCUT2D eigenvalue weighted by Crippen LogP contribution is -2.46. The molecule has 1 saturated heterocycles. The second-order valence-electron chi connectivity index (χ2n) is 4.73. The van der Waals surface area contributed by atoms with Crippen molar-refractivity contribution >= 4 is 5.82 Å². The lowest BCUT2D eigenvalue weighted by molar-refractivity contribution is 0.399. The molecule has 16 heavy (non-hydrogen) atoms. The van der Waals surface area contributed by atoms with Crippen molar-refractivity contribution in [2.75, 3.05) is 18.0 Å². The number of nitrogens with zero attached hydrogens (tertiary/aromatic N) is 3. The van der Waals surface area contributed by atoms with E-state index in [0.717, 1.165) is 37.4 Å². The number of hydrogen-bond donors (Lipinski definition) is 1. The van der Waals surface area contributed by atoms with Crippen LogP contribution in [0.4, 0.5) is 5.82 Å². The lowest BCUT2D eigenvalue weighted by atomic mass is 9.96. The van der Waals surface area contributed by atoms with Gasteiger partial charge in [-0.1, -0.05) is 13.8 Å². The van der Waals surface area contributed by atoms with Crippen LogP contribution in [-0.4, -0.2) is 29.1 Å². The Bertz CT molecular complexity index is 343. The van der Waals surface area contributed by atoms with Crippen LogP contribution < -0.4 is 10.6 Å². The molecule has 2 heterocycles. The predicted molar refractivity (Wildman–Crippen MR) is 65.4 cm³/mol. The summed E-state index contributed by atoms with van der Waals surface area (Å²) < 4.78 is 0. The Balaban J connectivity index is 2.16. The van der Waals surface area contributed by atoms with Gasteiger partial charge >= 0.3 is 0 Å². The average Bonchev–Trinajstić information content (AvgIpc) is 2.28. The Morgan fingerprint density at radius 1 is 1.44 bits per heavy atom. The van der Waals surface area contributed by atoms with Crippen molar-refractivity contribution in [2.24, 2.45) is 11.7 Å². The van der Waals surface area contributed by atoms with E-state index in [1.807, 2.05) is 0 Å². The summed E-state index contributed by atoms with van der Waals surface area (Å²) in [6.45, 7) is 6.31. The third-order valence-electron chi connectivity index (χ3n) is 3.09. The van der Waals surface area contributed by atoms with Crippen LogP contribution in [-0.2, 0) is 6.42 Å². The Labute approximate surface area is 96.9 Å². The standard InChI is InChI=1S/C12H20N4/c1-3-11-5-12(15-8-14-11)16-6-9(2)4-10(13)7-16/h5,8-10H,3-4,6-7,13H2,1-2H3. The zero-order valence-electron chi connectivity index (χ0n) is 10.1. The molecule has 1 fully saturated rings. The van der Waals surface area contributed by atoms with Crippen LogP contribution in [0.3, 0.4) is 0 Å². The largest absolute Gasteiger partial charge is 0.355 e. The van der Waals surface area contributed by atoms with E-state index in [1.165, 1.54) is 0 Å². The molecular weight excluding hydrogens is 200 g/mol. The molecule has 0 amide bonds. The fourth-order valence-electron chi connectivity index (χ4n) is 2.34. The molecule has 1 aliphatic rings. The van der Waals surface area contributed by atoms with Crippen molar-refractivity contribution in [2.45, 2.75) is 32.7 Å². The van der Waals surface area contributed by atoms with Gasteiger partial charge in [-0.25, -0.2) is 9.97 Å². The minimum Gasteiger partial charge on any atom is -0.355 e. The van der Waals surface area contributed by atoms with Gasteiger partial charge in [0.25, 0.3) is 0 Å². The molecular formula is C12H20N4. The molecule has 4 heteroatoms. The fraction of sp³-hybridized carbons (Fsp3) is 0.667. The van der Waals surface area contributed by atoms with Gasteiger partial charge in [-0.05, 0) is 18.8 Å². The van der Waals surface area contributed by atoms with Gasteiger partial charge in [-0.3, -0.25) is 0 Å². The molecule has 1 aromatic heterocycles. The third kappa shape index (κ3) is 2.50. The molecule has 4 nitrogen and oxygen atoms in total. The molecule has 2 atom stereocenters. The zero-order valence-corrected chi connectivity index (χ0v) is 10.1. The molecule has 2 N–H and O–H groups in total. The molecule has 0 aromatic carbocycles. The first-order valence-corrected chi connectivity index (χ1v) is 6.00. The molecule has 1 aromatic rings. The molecule has 0 radical (unpaired) electrons. The van der Waals surface area contributed by atoms with Crippen LogP contribution in [0.5, 0.6) is 0 Å². The highest BCUT2D eigenvalue weighted by Crippen LogP contribution is 2.20. The van der Waals surface area contributed by atoms with E-state index < -0.39 is 0 Å². The van der Waals surface area contributed by atoms with Crippen molar-refractivity contribution in [3.05, 3.63) is 18.1 Å². The van der Waals surface area contributed by atoms with Crippen molar-refractivity contribution < 1.29 is 0 Å². The van der Waals surface area contributed by atoms with Gasteiger partial charge in [0.2, 0.25) is 0 Å². The minimum atomic E-state index is 0.267. The molecule has 0 aliphatic carbocycles. The van der Waals surface area contributed by atoms with Gasteiger partial charge < -0.3 is 10.6 Å². The number of rotatable bonds is 2. The highest BCUT2D eigenvalue weighted by atomic mass is 15.2. The number of aromatic nitrogens is 2. The summed E-state index contributed by atoms with van der Waals surface area (Å²) in [6, 6.07) is 2.34. The average molecular weight is 220 g/mol. The van der Waals surface area contributed by atoms with Gasteiger partial charge in [0.1, 0.15) is 12.1 Å². The summed E-state index contributed by atoms with van der Waals surface area (Å²) in [5.74, 6) is 1.66. The van der Waals surface area contributed by atoms with Gasteiger partial charge in [-0.2, -0.15) is 0 Å². The van der Waals surface area contributed by atoms with Gasteiger partial charge in [0.15, 0.2) is 0 Å². The number of hydrogen-bond acceptors (Lipinski definition) is 4. The summed E-state index contributed by atoms with van der Waals surface area (Å²) in [5, 5.41) is 0. The van der Waals surface area contributed by atoms with Gasteiger partial charge in [-0.15, -0.1) is 0 Å². The maximum absolute atomic E-state index is 6.04. The highest BCUT2D eigenvalue weighted by Gasteiger charge is 2.23. The second kappa shape index (κ2) is 4.78. The summed E-state index contributed by atoms with van der Waals surface area (Å²) in [4.78, 5) is 10.8. The smallest absolute Gasteiger partial charge is 0.132 e. The second-order valence-corrected chi connectivity index (χ2v) is 4.73. The van der Waals surface area contributed by atoms with Crippen LogP contribution >= 0.6 is 0 Å². The first-order valence-electron chi connectivity index (χ1n) is 6.00. The third-order valence-corrected chi connectivity index (χ3v) is 3.09. The van der Waals surface area contributed by atoms with E-state index in [1.54, 1.807) is 6.33 Å². The number of aryl methyl sites for hydroxylation is 1. The Kier molecular flexibility index (Phi) is 3.39. The molecule has 0 spiro atoms. The predicted octanol–water partition coefficient (Wildman–Crippen LogP) is 1.21. The van der Waals surface area contributed by atoms with E-state index in [0.29, 0.717) is 5.92 Å². The number of anilines is 1. The monoisotopic (exact) mass is 220 g/mol. The Morgan fingerprint density at radius 2 is 2.25 bits per heavy atom. The molecule has 0 saturated carbocycles. The lowest BCUT2D eigenvalue weighted by Gasteiger charge is -2.35. The Morgan fingerprint density at radius 3 is 2.94 bits per heavy atom. The first kappa shape index (κ1) is 11.3. The van der Waals surface area contributed by atoms with E-state index in [-0.39, 0.29) is 6.04 Å². The van der Waals surface area contributed by atoms with Crippen molar-refractivity contribution in [1.82, 2.24) is 9.97 Å². The number of piperidine rings is 1. The van der Waals surface area contributed by atoms with Crippen LogP contribution in [0, 0.1) is 5.92 Å².